The number of para-hydroxylation sites is 1. The highest BCUT2D eigenvalue weighted by atomic mass is 79.9. The Labute approximate surface area is 123 Å². The zero-order valence-electron chi connectivity index (χ0n) is 10.6. The monoisotopic (exact) mass is 331 g/mol. The van der Waals surface area contributed by atoms with Gasteiger partial charge in [0.1, 0.15) is 5.52 Å². The lowest BCUT2D eigenvalue weighted by Crippen LogP contribution is -1.96. The topological polar surface area (TPSA) is 63.3 Å². The van der Waals surface area contributed by atoms with Gasteiger partial charge in [-0.25, -0.2) is 9.78 Å². The summed E-state index contributed by atoms with van der Waals surface area (Å²) < 4.78 is 6.52. The number of hydrogen-bond acceptors (Lipinski definition) is 3. The molecular formula is C15H10BrNO3. The smallest absolute Gasteiger partial charge is 0.338 e. The molecule has 3 aromatic rings. The van der Waals surface area contributed by atoms with E-state index in [4.69, 9.17) is 9.52 Å². The number of fused-ring (bicyclic) bond motifs is 1. The fourth-order valence-electron chi connectivity index (χ4n) is 2.03. The summed E-state index contributed by atoms with van der Waals surface area (Å²) in [6.07, 6.45) is 0. The Bertz CT molecular complexity index is 823. The summed E-state index contributed by atoms with van der Waals surface area (Å²) in [6.45, 7) is 1.99. The van der Waals surface area contributed by atoms with Crippen molar-refractivity contribution in [3.8, 4) is 11.5 Å². The summed E-state index contributed by atoms with van der Waals surface area (Å²) in [6, 6.07) is 10.7. The number of aryl methyl sites for hydroxylation is 1. The normalized spacial score (nSPS) is 10.9. The first-order valence-electron chi connectivity index (χ1n) is 5.95. The average Bonchev–Trinajstić information content (AvgIpc) is 2.81. The van der Waals surface area contributed by atoms with Crippen molar-refractivity contribution in [1.29, 1.82) is 0 Å². The maximum Gasteiger partial charge on any atom is 0.338 e. The highest BCUT2D eigenvalue weighted by Crippen LogP contribution is 2.31. The number of aromatic carboxylic acids is 1. The summed E-state index contributed by atoms with van der Waals surface area (Å²) in [5.74, 6) is -0.612. The van der Waals surface area contributed by atoms with Crippen molar-refractivity contribution >= 4 is 33.0 Å². The highest BCUT2D eigenvalue weighted by Gasteiger charge is 2.16. The molecule has 1 N–H and O–H groups in total. The molecule has 2 aromatic carbocycles. The Morgan fingerprint density at radius 1 is 1.30 bits per heavy atom. The second kappa shape index (κ2) is 4.76. The zero-order chi connectivity index (χ0) is 14.3. The van der Waals surface area contributed by atoms with Crippen LogP contribution in [0.3, 0.4) is 0 Å². The number of carboxylic acids is 1. The van der Waals surface area contributed by atoms with Gasteiger partial charge in [-0.1, -0.05) is 12.1 Å². The van der Waals surface area contributed by atoms with E-state index in [0.29, 0.717) is 17.0 Å². The molecular weight excluding hydrogens is 322 g/mol. The summed E-state index contributed by atoms with van der Waals surface area (Å²) in [5, 5.41) is 9.16. The molecule has 0 saturated carbocycles. The van der Waals surface area contributed by atoms with Gasteiger partial charge in [-0.15, -0.1) is 0 Å². The molecule has 0 aliphatic carbocycles. The quantitative estimate of drug-likeness (QED) is 0.761. The van der Waals surface area contributed by atoms with Crippen LogP contribution in [-0.2, 0) is 0 Å². The number of hydrogen-bond donors (Lipinski definition) is 1. The number of aromatic nitrogens is 1. The second-order valence-corrected chi connectivity index (χ2v) is 5.31. The fraction of sp³-hybridized carbons (Fsp3) is 0.0667. The van der Waals surface area contributed by atoms with Gasteiger partial charge < -0.3 is 9.52 Å². The van der Waals surface area contributed by atoms with E-state index in [1.165, 1.54) is 6.07 Å². The first kappa shape index (κ1) is 12.9. The molecule has 0 atom stereocenters. The lowest BCUT2D eigenvalue weighted by atomic mass is 10.1. The van der Waals surface area contributed by atoms with Gasteiger partial charge in [-0.3, -0.25) is 0 Å². The maximum atomic E-state index is 11.2. The summed E-state index contributed by atoms with van der Waals surface area (Å²) in [4.78, 5) is 15.5. The Morgan fingerprint density at radius 3 is 2.80 bits per heavy atom. The van der Waals surface area contributed by atoms with E-state index in [0.717, 1.165) is 15.6 Å². The molecule has 100 valence electrons. The van der Waals surface area contributed by atoms with Crippen LogP contribution in [0.5, 0.6) is 0 Å². The standard InChI is InChI=1S/C15H10BrNO3/c1-8-5-6-9(11(16)7-8)14-17-13-10(15(18)19)3-2-4-12(13)20-14/h2-7H,1H3,(H,18,19). The molecule has 0 aliphatic rings. The van der Waals surface area contributed by atoms with Gasteiger partial charge in [-0.2, -0.15) is 0 Å². The minimum Gasteiger partial charge on any atom is -0.478 e. The Kier molecular flexibility index (Phi) is 3.06. The van der Waals surface area contributed by atoms with E-state index in [2.05, 4.69) is 20.9 Å². The van der Waals surface area contributed by atoms with Gasteiger partial charge in [0.05, 0.1) is 11.1 Å². The highest BCUT2D eigenvalue weighted by molar-refractivity contribution is 9.10. The van der Waals surface area contributed by atoms with Gasteiger partial charge in [-0.05, 0) is 52.7 Å². The number of halogens is 1. The van der Waals surface area contributed by atoms with Crippen molar-refractivity contribution in [3.05, 3.63) is 52.0 Å². The largest absolute Gasteiger partial charge is 0.478 e. The molecule has 5 heteroatoms. The van der Waals surface area contributed by atoms with E-state index < -0.39 is 5.97 Å². The first-order chi connectivity index (χ1) is 9.56. The lowest BCUT2D eigenvalue weighted by Gasteiger charge is -2.00. The molecule has 0 spiro atoms. The molecule has 0 saturated heterocycles. The van der Waals surface area contributed by atoms with Crippen LogP contribution in [0.25, 0.3) is 22.6 Å². The summed E-state index contributed by atoms with van der Waals surface area (Å²) in [5.41, 5.74) is 2.88. The van der Waals surface area contributed by atoms with Crippen molar-refractivity contribution in [1.82, 2.24) is 4.98 Å². The van der Waals surface area contributed by atoms with Crippen molar-refractivity contribution in [2.24, 2.45) is 0 Å². The number of oxazole rings is 1. The van der Waals surface area contributed by atoms with Gasteiger partial charge in [0.2, 0.25) is 5.89 Å². The van der Waals surface area contributed by atoms with Gasteiger partial charge in [0.25, 0.3) is 0 Å². The third-order valence-corrected chi connectivity index (χ3v) is 3.66. The Hall–Kier alpha value is -2.14. The predicted octanol–water partition coefficient (Wildman–Crippen LogP) is 4.26. The Morgan fingerprint density at radius 2 is 2.10 bits per heavy atom. The molecule has 1 aromatic heterocycles. The van der Waals surface area contributed by atoms with Gasteiger partial charge in [0.15, 0.2) is 5.58 Å². The third kappa shape index (κ3) is 2.10. The molecule has 0 fully saturated rings. The number of nitrogens with zero attached hydrogens (tertiary/aromatic N) is 1. The lowest BCUT2D eigenvalue weighted by molar-refractivity contribution is 0.0699. The molecule has 0 aliphatic heterocycles. The zero-order valence-corrected chi connectivity index (χ0v) is 12.1. The number of carboxylic acid groups (broad SMARTS) is 1. The molecule has 0 bridgehead atoms. The summed E-state index contributed by atoms with van der Waals surface area (Å²) >= 11 is 3.47. The first-order valence-corrected chi connectivity index (χ1v) is 6.75. The van der Waals surface area contributed by atoms with E-state index in [1.54, 1.807) is 12.1 Å². The number of benzene rings is 2. The third-order valence-electron chi connectivity index (χ3n) is 3.00. The SMILES string of the molecule is Cc1ccc(-c2nc3c(C(=O)O)cccc3o2)c(Br)c1. The van der Waals surface area contributed by atoms with Crippen molar-refractivity contribution in [3.63, 3.8) is 0 Å². The van der Waals surface area contributed by atoms with Crippen LogP contribution in [0.2, 0.25) is 0 Å². The van der Waals surface area contributed by atoms with Crippen molar-refractivity contribution in [2.45, 2.75) is 6.92 Å². The minimum atomic E-state index is -1.02. The molecule has 0 radical (unpaired) electrons. The van der Waals surface area contributed by atoms with Crippen LogP contribution < -0.4 is 0 Å². The number of rotatable bonds is 2. The Balaban J connectivity index is 2.23. The van der Waals surface area contributed by atoms with E-state index in [1.807, 2.05) is 25.1 Å². The fourth-order valence-corrected chi connectivity index (χ4v) is 2.69. The van der Waals surface area contributed by atoms with Crippen LogP contribution >= 0.6 is 15.9 Å². The van der Waals surface area contributed by atoms with Crippen molar-refractivity contribution in [2.75, 3.05) is 0 Å². The van der Waals surface area contributed by atoms with Crippen LogP contribution in [0.15, 0.2) is 45.3 Å². The van der Waals surface area contributed by atoms with Gasteiger partial charge in [0, 0.05) is 4.47 Å². The van der Waals surface area contributed by atoms with E-state index in [-0.39, 0.29) is 5.56 Å². The van der Waals surface area contributed by atoms with Crippen LogP contribution in [0, 0.1) is 6.92 Å². The van der Waals surface area contributed by atoms with Crippen molar-refractivity contribution < 1.29 is 14.3 Å². The van der Waals surface area contributed by atoms with Crippen LogP contribution in [-0.4, -0.2) is 16.1 Å². The molecule has 1 heterocycles. The summed E-state index contributed by atoms with van der Waals surface area (Å²) in [7, 11) is 0. The second-order valence-electron chi connectivity index (χ2n) is 4.46. The maximum absolute atomic E-state index is 11.2. The van der Waals surface area contributed by atoms with E-state index >= 15 is 0 Å². The average molecular weight is 332 g/mol. The molecule has 0 unspecified atom stereocenters. The number of carbonyl (C=O) groups is 1. The minimum absolute atomic E-state index is 0.140. The van der Waals surface area contributed by atoms with Crippen LogP contribution in [0.4, 0.5) is 0 Å². The van der Waals surface area contributed by atoms with E-state index in [9.17, 15) is 4.79 Å². The van der Waals surface area contributed by atoms with Crippen LogP contribution in [0.1, 0.15) is 15.9 Å². The molecule has 20 heavy (non-hydrogen) atoms. The predicted molar refractivity (Wildman–Crippen MR) is 78.8 cm³/mol. The molecule has 0 amide bonds. The van der Waals surface area contributed by atoms with Gasteiger partial charge >= 0.3 is 5.97 Å². The molecule has 4 nitrogen and oxygen atoms in total. The molecule has 3 rings (SSSR count).